The van der Waals surface area contributed by atoms with E-state index in [9.17, 15) is 0 Å². The highest BCUT2D eigenvalue weighted by atomic mass is 35.5. The number of hydrogen-bond acceptors (Lipinski definition) is 1. The molecule has 0 aliphatic heterocycles. The maximum atomic E-state index is 6.01. The summed E-state index contributed by atoms with van der Waals surface area (Å²) in [5.41, 5.74) is 0. The Morgan fingerprint density at radius 3 is 2.06 bits per heavy atom. The van der Waals surface area contributed by atoms with Gasteiger partial charge in [-0.15, -0.1) is 0 Å². The van der Waals surface area contributed by atoms with Gasteiger partial charge in [0, 0.05) is 6.07 Å². The Labute approximate surface area is 129 Å². The fourth-order valence-electron chi connectivity index (χ4n) is 1.26. The lowest BCUT2D eigenvalue weighted by molar-refractivity contribution is 0.483. The van der Waals surface area contributed by atoms with Gasteiger partial charge in [0.2, 0.25) is 0 Å². The minimum Gasteiger partial charge on any atom is -0.454 e. The van der Waals surface area contributed by atoms with Crippen LogP contribution in [-0.2, 0) is 0 Å². The van der Waals surface area contributed by atoms with E-state index in [-0.39, 0.29) is 0 Å². The van der Waals surface area contributed by atoms with Gasteiger partial charge in [-0.25, -0.2) is 0 Å². The third-order valence-corrected chi connectivity index (χ3v) is 3.93. The molecule has 2 aromatic rings. The van der Waals surface area contributed by atoms with Crippen LogP contribution in [0.2, 0.25) is 25.1 Å². The highest BCUT2D eigenvalue weighted by molar-refractivity contribution is 6.44. The molecule has 0 N–H and O–H groups in total. The second-order valence-electron chi connectivity index (χ2n) is 3.35. The summed E-state index contributed by atoms with van der Waals surface area (Å²) in [6.45, 7) is 0. The molecule has 0 amide bonds. The van der Waals surface area contributed by atoms with E-state index in [0.717, 1.165) is 0 Å². The molecule has 0 heterocycles. The third kappa shape index (κ3) is 2.98. The van der Waals surface area contributed by atoms with Gasteiger partial charge in [0.05, 0.1) is 20.1 Å². The quantitative estimate of drug-likeness (QED) is 0.549. The van der Waals surface area contributed by atoms with E-state index in [1.165, 1.54) is 12.1 Å². The van der Waals surface area contributed by atoms with E-state index >= 15 is 0 Å². The maximum absolute atomic E-state index is 6.01. The minimum absolute atomic E-state index is 0.307. The van der Waals surface area contributed by atoms with E-state index in [0.29, 0.717) is 36.6 Å². The first kappa shape index (κ1) is 14.1. The van der Waals surface area contributed by atoms with Crippen molar-refractivity contribution in [2.75, 3.05) is 0 Å². The Bertz CT molecular complexity index is 597. The van der Waals surface area contributed by atoms with Crippen LogP contribution in [0, 0.1) is 0 Å². The zero-order valence-corrected chi connectivity index (χ0v) is 12.5. The van der Waals surface area contributed by atoms with Gasteiger partial charge in [-0.1, -0.05) is 64.1 Å². The molecule has 6 heteroatoms. The number of benzene rings is 2. The standard InChI is InChI=1S/C12H5Cl5O/c13-6-2-1-3-10(12(6)17)18-11-5-8(15)7(14)4-9(11)16/h1-5H. The molecule has 0 unspecified atom stereocenters. The summed E-state index contributed by atoms with van der Waals surface area (Å²) in [6, 6.07) is 8.07. The van der Waals surface area contributed by atoms with Gasteiger partial charge in [0.15, 0.2) is 0 Å². The molecule has 0 spiro atoms. The molecule has 0 fully saturated rings. The molecule has 0 radical (unpaired) electrons. The molecule has 0 aliphatic carbocycles. The molecular formula is C12H5Cl5O. The second-order valence-corrected chi connectivity index (χ2v) is 5.36. The molecular weight excluding hydrogens is 337 g/mol. The number of ether oxygens (including phenoxy) is 1. The lowest BCUT2D eigenvalue weighted by atomic mass is 10.3. The Morgan fingerprint density at radius 1 is 0.667 bits per heavy atom. The van der Waals surface area contributed by atoms with Crippen LogP contribution in [-0.4, -0.2) is 0 Å². The summed E-state index contributed by atoms with van der Waals surface area (Å²) in [5.74, 6) is 0.750. The molecule has 1 nitrogen and oxygen atoms in total. The van der Waals surface area contributed by atoms with Gasteiger partial charge in [0.1, 0.15) is 16.5 Å². The van der Waals surface area contributed by atoms with E-state index in [4.69, 9.17) is 62.7 Å². The third-order valence-electron chi connectivity index (χ3n) is 2.11. The van der Waals surface area contributed by atoms with Crippen molar-refractivity contribution in [1.29, 1.82) is 0 Å². The van der Waals surface area contributed by atoms with Gasteiger partial charge in [-0.05, 0) is 18.2 Å². The van der Waals surface area contributed by atoms with Crippen molar-refractivity contribution in [1.82, 2.24) is 0 Å². The Balaban J connectivity index is 2.40. The summed E-state index contributed by atoms with van der Waals surface area (Å²) in [5, 5.41) is 1.73. The first-order valence-electron chi connectivity index (χ1n) is 4.75. The van der Waals surface area contributed by atoms with Crippen LogP contribution in [0.1, 0.15) is 0 Å². The van der Waals surface area contributed by atoms with E-state index in [1.54, 1.807) is 18.2 Å². The highest BCUT2D eigenvalue weighted by Crippen LogP contribution is 2.39. The van der Waals surface area contributed by atoms with Crippen LogP contribution in [0.4, 0.5) is 0 Å². The van der Waals surface area contributed by atoms with Crippen LogP contribution >= 0.6 is 58.0 Å². The van der Waals surface area contributed by atoms with E-state index in [1.807, 2.05) is 0 Å². The maximum Gasteiger partial charge on any atom is 0.147 e. The summed E-state index contributed by atoms with van der Waals surface area (Å²) >= 11 is 29.6. The Hall–Kier alpha value is -0.310. The highest BCUT2D eigenvalue weighted by Gasteiger charge is 2.11. The summed E-state index contributed by atoms with van der Waals surface area (Å²) in [7, 11) is 0. The fourth-order valence-corrected chi connectivity index (χ4v) is 2.17. The molecule has 0 bridgehead atoms. The van der Waals surface area contributed by atoms with Crippen molar-refractivity contribution >= 4 is 58.0 Å². The molecule has 18 heavy (non-hydrogen) atoms. The first-order chi connectivity index (χ1) is 8.49. The van der Waals surface area contributed by atoms with Crippen molar-refractivity contribution in [2.45, 2.75) is 0 Å². The van der Waals surface area contributed by atoms with Crippen LogP contribution < -0.4 is 4.74 Å². The van der Waals surface area contributed by atoms with E-state index in [2.05, 4.69) is 0 Å². The lowest BCUT2D eigenvalue weighted by Crippen LogP contribution is -1.87. The number of hydrogen-bond donors (Lipinski definition) is 0. The summed E-state index contributed by atoms with van der Waals surface area (Å²) in [6.07, 6.45) is 0. The summed E-state index contributed by atoms with van der Waals surface area (Å²) in [4.78, 5) is 0. The predicted molar refractivity (Wildman–Crippen MR) is 78.0 cm³/mol. The zero-order valence-electron chi connectivity index (χ0n) is 8.68. The average Bonchev–Trinajstić information content (AvgIpc) is 2.32. The second kappa shape index (κ2) is 5.77. The first-order valence-corrected chi connectivity index (χ1v) is 6.64. The largest absolute Gasteiger partial charge is 0.454 e. The van der Waals surface area contributed by atoms with E-state index < -0.39 is 0 Å². The van der Waals surface area contributed by atoms with Crippen molar-refractivity contribution in [3.05, 3.63) is 55.4 Å². The van der Waals surface area contributed by atoms with Gasteiger partial charge in [0.25, 0.3) is 0 Å². The number of halogens is 5. The average molecular weight is 342 g/mol. The lowest BCUT2D eigenvalue weighted by Gasteiger charge is -2.10. The normalized spacial score (nSPS) is 10.5. The fraction of sp³-hybridized carbons (Fsp3) is 0. The van der Waals surface area contributed by atoms with Crippen LogP contribution in [0.3, 0.4) is 0 Å². The molecule has 2 aromatic carbocycles. The van der Waals surface area contributed by atoms with Gasteiger partial charge in [-0.2, -0.15) is 0 Å². The van der Waals surface area contributed by atoms with Crippen molar-refractivity contribution < 1.29 is 4.74 Å². The molecule has 0 atom stereocenters. The topological polar surface area (TPSA) is 9.23 Å². The van der Waals surface area contributed by atoms with Crippen LogP contribution in [0.25, 0.3) is 0 Å². The minimum atomic E-state index is 0.307. The van der Waals surface area contributed by atoms with Crippen molar-refractivity contribution in [3.63, 3.8) is 0 Å². The zero-order chi connectivity index (χ0) is 13.3. The summed E-state index contributed by atoms with van der Waals surface area (Å²) < 4.78 is 5.57. The molecule has 94 valence electrons. The molecule has 0 aliphatic rings. The van der Waals surface area contributed by atoms with Crippen molar-refractivity contribution in [2.24, 2.45) is 0 Å². The van der Waals surface area contributed by atoms with Gasteiger partial charge < -0.3 is 4.74 Å². The molecule has 0 saturated heterocycles. The molecule has 0 aromatic heterocycles. The van der Waals surface area contributed by atoms with Crippen molar-refractivity contribution in [3.8, 4) is 11.5 Å². The van der Waals surface area contributed by atoms with Crippen LogP contribution in [0.15, 0.2) is 30.3 Å². The monoisotopic (exact) mass is 340 g/mol. The molecule has 0 saturated carbocycles. The Kier molecular flexibility index (Phi) is 4.52. The Morgan fingerprint density at radius 2 is 1.33 bits per heavy atom. The van der Waals surface area contributed by atoms with Gasteiger partial charge in [-0.3, -0.25) is 0 Å². The predicted octanol–water partition coefficient (Wildman–Crippen LogP) is 6.75. The molecule has 2 rings (SSSR count). The SMILES string of the molecule is Clc1cc(Cl)c(Oc2cccc(Cl)c2Cl)cc1Cl. The number of rotatable bonds is 2. The van der Waals surface area contributed by atoms with Gasteiger partial charge >= 0.3 is 0 Å². The van der Waals surface area contributed by atoms with Crippen LogP contribution in [0.5, 0.6) is 11.5 Å². The smallest absolute Gasteiger partial charge is 0.147 e.